The van der Waals surface area contributed by atoms with Crippen molar-refractivity contribution in [1.29, 1.82) is 0 Å². The van der Waals surface area contributed by atoms with Crippen LogP contribution in [0.1, 0.15) is 40.9 Å². The molecule has 19 heavy (non-hydrogen) atoms. The van der Waals surface area contributed by atoms with Crippen molar-refractivity contribution in [1.82, 2.24) is 9.78 Å². The molecule has 0 bridgehead atoms. The Balaban J connectivity index is 2.56. The van der Waals surface area contributed by atoms with Crippen molar-refractivity contribution in [3.63, 3.8) is 0 Å². The summed E-state index contributed by atoms with van der Waals surface area (Å²) in [6.45, 7) is 9.25. The normalized spacial score (nSPS) is 12.7. The van der Waals surface area contributed by atoms with Crippen LogP contribution < -0.4 is 5.73 Å². The fourth-order valence-corrected chi connectivity index (χ4v) is 3.29. The van der Waals surface area contributed by atoms with E-state index in [2.05, 4.69) is 60.9 Å². The molecular weight excluding hydrogens is 302 g/mol. The molecule has 0 spiro atoms. The van der Waals surface area contributed by atoms with Crippen LogP contribution in [0.2, 0.25) is 0 Å². The van der Waals surface area contributed by atoms with Gasteiger partial charge in [-0.05, 0) is 60.3 Å². The molecule has 2 aromatic rings. The van der Waals surface area contributed by atoms with Crippen LogP contribution in [0.5, 0.6) is 0 Å². The van der Waals surface area contributed by atoms with Crippen LogP contribution in [0.4, 0.5) is 0 Å². The number of nitrogens with two attached hydrogens (primary N) is 1. The van der Waals surface area contributed by atoms with Gasteiger partial charge in [0.1, 0.15) is 0 Å². The Labute approximate surface area is 122 Å². The van der Waals surface area contributed by atoms with E-state index in [0.29, 0.717) is 0 Å². The molecule has 4 heteroatoms. The third-order valence-electron chi connectivity index (χ3n) is 3.48. The largest absolute Gasteiger partial charge is 0.319 e. The Kier molecular flexibility index (Phi) is 4.11. The van der Waals surface area contributed by atoms with Gasteiger partial charge in [-0.2, -0.15) is 5.10 Å². The topological polar surface area (TPSA) is 43.8 Å². The molecule has 0 saturated heterocycles. The minimum atomic E-state index is -0.155. The summed E-state index contributed by atoms with van der Waals surface area (Å²) in [5.41, 5.74) is 12.5. The summed E-state index contributed by atoms with van der Waals surface area (Å²) in [6, 6.07) is 4.21. The van der Waals surface area contributed by atoms with Gasteiger partial charge in [0.15, 0.2) is 0 Å². The van der Waals surface area contributed by atoms with Gasteiger partial charge in [-0.1, -0.05) is 17.7 Å². The number of nitrogens with zero attached hydrogens (tertiary/aromatic N) is 2. The Bertz CT molecular complexity index is 578. The van der Waals surface area contributed by atoms with Crippen molar-refractivity contribution in [2.75, 3.05) is 0 Å². The predicted molar refractivity (Wildman–Crippen MR) is 82.3 cm³/mol. The zero-order valence-corrected chi connectivity index (χ0v) is 13.5. The van der Waals surface area contributed by atoms with E-state index < -0.39 is 0 Å². The fraction of sp³-hybridized carbons (Fsp3) is 0.400. The number of halogens is 1. The summed E-state index contributed by atoms with van der Waals surface area (Å²) in [6.07, 6.45) is 1.82. The quantitative estimate of drug-likeness (QED) is 0.937. The Hall–Kier alpha value is -1.13. The second-order valence-corrected chi connectivity index (χ2v) is 5.84. The monoisotopic (exact) mass is 321 g/mol. The van der Waals surface area contributed by atoms with Crippen molar-refractivity contribution < 1.29 is 0 Å². The van der Waals surface area contributed by atoms with Gasteiger partial charge in [0.25, 0.3) is 0 Å². The van der Waals surface area contributed by atoms with E-state index in [1.165, 1.54) is 22.3 Å². The molecule has 2 N–H and O–H groups in total. The molecule has 0 saturated carbocycles. The maximum Gasteiger partial charge on any atom is 0.0739 e. The van der Waals surface area contributed by atoms with Crippen molar-refractivity contribution in [2.45, 2.75) is 40.3 Å². The van der Waals surface area contributed by atoms with E-state index in [9.17, 15) is 0 Å². The van der Waals surface area contributed by atoms with Crippen molar-refractivity contribution in [2.24, 2.45) is 5.73 Å². The van der Waals surface area contributed by atoms with Gasteiger partial charge in [0.2, 0.25) is 0 Å². The summed E-state index contributed by atoms with van der Waals surface area (Å²) in [5.74, 6) is 0. The lowest BCUT2D eigenvalue weighted by Crippen LogP contribution is -2.20. The number of hydrogen-bond acceptors (Lipinski definition) is 2. The first-order chi connectivity index (χ1) is 8.95. The minimum absolute atomic E-state index is 0.155. The molecule has 0 radical (unpaired) electrons. The van der Waals surface area contributed by atoms with Crippen LogP contribution in [0.25, 0.3) is 0 Å². The SMILES string of the molecule is CCn1ncc(Br)c1C(N)c1c(C)cc(C)cc1C. The lowest BCUT2D eigenvalue weighted by molar-refractivity contribution is 0.598. The highest BCUT2D eigenvalue weighted by atomic mass is 79.9. The predicted octanol–water partition coefficient (Wildman–Crippen LogP) is 3.64. The molecule has 0 aliphatic rings. The molecule has 2 rings (SSSR count). The zero-order chi connectivity index (χ0) is 14.2. The van der Waals surface area contributed by atoms with Crippen molar-refractivity contribution >= 4 is 15.9 Å². The number of aromatic nitrogens is 2. The van der Waals surface area contributed by atoms with Crippen LogP contribution in [0.15, 0.2) is 22.8 Å². The highest BCUT2D eigenvalue weighted by Crippen LogP contribution is 2.31. The van der Waals surface area contributed by atoms with E-state index in [-0.39, 0.29) is 6.04 Å². The maximum absolute atomic E-state index is 6.50. The van der Waals surface area contributed by atoms with E-state index in [1.807, 2.05) is 10.9 Å². The first-order valence-electron chi connectivity index (χ1n) is 6.50. The molecule has 1 atom stereocenters. The first kappa shape index (κ1) is 14.3. The molecular formula is C15H20BrN3. The van der Waals surface area contributed by atoms with Gasteiger partial charge in [0, 0.05) is 6.54 Å². The molecule has 1 aromatic heterocycles. The smallest absolute Gasteiger partial charge is 0.0739 e. The maximum atomic E-state index is 6.50. The molecule has 3 nitrogen and oxygen atoms in total. The van der Waals surface area contributed by atoms with E-state index in [4.69, 9.17) is 5.73 Å². The molecule has 1 unspecified atom stereocenters. The third-order valence-corrected chi connectivity index (χ3v) is 4.09. The number of rotatable bonds is 3. The second kappa shape index (κ2) is 5.47. The van der Waals surface area contributed by atoms with Gasteiger partial charge in [-0.3, -0.25) is 4.68 Å². The number of benzene rings is 1. The highest BCUT2D eigenvalue weighted by Gasteiger charge is 2.21. The number of hydrogen-bond donors (Lipinski definition) is 1. The van der Waals surface area contributed by atoms with E-state index in [1.54, 1.807) is 0 Å². The summed E-state index contributed by atoms with van der Waals surface area (Å²) in [4.78, 5) is 0. The lowest BCUT2D eigenvalue weighted by Gasteiger charge is -2.20. The minimum Gasteiger partial charge on any atom is -0.319 e. The average Bonchev–Trinajstić information content (AvgIpc) is 2.68. The molecule has 0 aliphatic heterocycles. The van der Waals surface area contributed by atoms with Crippen LogP contribution in [0.3, 0.4) is 0 Å². The van der Waals surface area contributed by atoms with Crippen LogP contribution in [-0.2, 0) is 6.54 Å². The Morgan fingerprint density at radius 2 is 1.84 bits per heavy atom. The van der Waals surface area contributed by atoms with Gasteiger partial charge in [-0.25, -0.2) is 0 Å². The van der Waals surface area contributed by atoms with Crippen LogP contribution >= 0.6 is 15.9 Å². The summed E-state index contributed by atoms with van der Waals surface area (Å²) >= 11 is 3.56. The summed E-state index contributed by atoms with van der Waals surface area (Å²) < 4.78 is 2.93. The first-order valence-corrected chi connectivity index (χ1v) is 7.29. The van der Waals surface area contributed by atoms with E-state index >= 15 is 0 Å². The van der Waals surface area contributed by atoms with Crippen molar-refractivity contribution in [3.8, 4) is 0 Å². The Morgan fingerprint density at radius 3 is 2.37 bits per heavy atom. The van der Waals surface area contributed by atoms with E-state index in [0.717, 1.165) is 16.7 Å². The average molecular weight is 322 g/mol. The standard InChI is InChI=1S/C15H20BrN3/c1-5-19-15(12(16)8-18-19)14(17)13-10(3)6-9(2)7-11(13)4/h6-8,14H,5,17H2,1-4H3. The number of aryl methyl sites for hydroxylation is 4. The molecule has 1 heterocycles. The van der Waals surface area contributed by atoms with Gasteiger partial charge in [0.05, 0.1) is 22.4 Å². The molecule has 102 valence electrons. The van der Waals surface area contributed by atoms with Crippen molar-refractivity contribution in [3.05, 3.63) is 50.8 Å². The third kappa shape index (κ3) is 2.60. The van der Waals surface area contributed by atoms with Gasteiger partial charge < -0.3 is 5.73 Å². The van der Waals surface area contributed by atoms with Gasteiger partial charge in [-0.15, -0.1) is 0 Å². The molecule has 1 aromatic carbocycles. The second-order valence-electron chi connectivity index (χ2n) is 4.98. The van der Waals surface area contributed by atoms with Crippen LogP contribution in [0, 0.1) is 20.8 Å². The summed E-state index contributed by atoms with van der Waals surface area (Å²) in [5, 5.41) is 4.35. The van der Waals surface area contributed by atoms with Gasteiger partial charge >= 0.3 is 0 Å². The molecule has 0 fully saturated rings. The zero-order valence-electron chi connectivity index (χ0n) is 11.9. The van der Waals surface area contributed by atoms with Crippen LogP contribution in [-0.4, -0.2) is 9.78 Å². The molecule has 0 aliphatic carbocycles. The Morgan fingerprint density at radius 1 is 1.26 bits per heavy atom. The fourth-order valence-electron chi connectivity index (χ4n) is 2.75. The highest BCUT2D eigenvalue weighted by molar-refractivity contribution is 9.10. The summed E-state index contributed by atoms with van der Waals surface area (Å²) in [7, 11) is 0. The lowest BCUT2D eigenvalue weighted by atomic mass is 9.93. The molecule has 0 amide bonds.